The number of hydrogen-bond acceptors (Lipinski definition) is 6. The van der Waals surface area contributed by atoms with Crippen LogP contribution in [-0.2, 0) is 20.9 Å². The lowest BCUT2D eigenvalue weighted by molar-refractivity contribution is -0.137. The van der Waals surface area contributed by atoms with Gasteiger partial charge in [-0.05, 0) is 43.7 Å². The summed E-state index contributed by atoms with van der Waals surface area (Å²) in [5.41, 5.74) is 0.569. The Morgan fingerprint density at radius 3 is 2.46 bits per heavy atom. The Hall–Kier alpha value is -2.33. The van der Waals surface area contributed by atoms with E-state index in [0.29, 0.717) is 11.3 Å². The molecule has 0 amide bonds. The Morgan fingerprint density at radius 2 is 1.89 bits per heavy atom. The quantitative estimate of drug-likeness (QED) is 0.759. The molecule has 1 aliphatic rings. The molecule has 0 fully saturated rings. The number of alkyl halides is 3. The van der Waals surface area contributed by atoms with Gasteiger partial charge < -0.3 is 4.90 Å². The molecule has 3 rings (SSSR count). The first-order valence-electron chi connectivity index (χ1n) is 8.48. The van der Waals surface area contributed by atoms with Crippen molar-refractivity contribution in [2.75, 3.05) is 29.9 Å². The van der Waals surface area contributed by atoms with Gasteiger partial charge in [0.2, 0.25) is 0 Å². The van der Waals surface area contributed by atoms with Gasteiger partial charge in [0.1, 0.15) is 5.69 Å². The summed E-state index contributed by atoms with van der Waals surface area (Å²) in [4.78, 5) is 11.6. The molecule has 0 radical (unpaired) electrons. The van der Waals surface area contributed by atoms with E-state index in [0.717, 1.165) is 18.4 Å². The van der Waals surface area contributed by atoms with Crippen LogP contribution in [0, 0.1) is 6.92 Å². The number of hydroxylamine groups is 1. The molecule has 1 aromatic carbocycles. The predicted molar refractivity (Wildman–Crippen MR) is 98.8 cm³/mol. The Balaban J connectivity index is 2.22. The zero-order valence-electron chi connectivity index (χ0n) is 15.8. The van der Waals surface area contributed by atoms with Crippen LogP contribution in [0.5, 0.6) is 0 Å². The molecule has 0 spiro atoms. The van der Waals surface area contributed by atoms with Crippen LogP contribution in [0.2, 0.25) is 0 Å². The lowest BCUT2D eigenvalue weighted by Gasteiger charge is -2.30. The summed E-state index contributed by atoms with van der Waals surface area (Å²) < 4.78 is 64.4. The molecular formula is C18H20F3N3O3S. The first kappa shape index (κ1) is 20.4. The van der Waals surface area contributed by atoms with Gasteiger partial charge in [0, 0.05) is 19.5 Å². The van der Waals surface area contributed by atoms with Gasteiger partial charge in [-0.3, -0.25) is 9.82 Å². The summed E-state index contributed by atoms with van der Waals surface area (Å²) in [6.07, 6.45) is -2.79. The van der Waals surface area contributed by atoms with E-state index in [1.54, 1.807) is 31.9 Å². The second kappa shape index (κ2) is 6.93. The van der Waals surface area contributed by atoms with Crippen LogP contribution in [0.4, 0.5) is 24.5 Å². The zero-order chi connectivity index (χ0) is 20.9. The number of sulfone groups is 1. The van der Waals surface area contributed by atoms with E-state index in [9.17, 15) is 21.6 Å². The highest BCUT2D eigenvalue weighted by molar-refractivity contribution is 7.90. The first-order valence-corrected chi connectivity index (χ1v) is 10.4. The highest BCUT2D eigenvalue weighted by Gasteiger charge is 2.42. The second-order valence-corrected chi connectivity index (χ2v) is 8.50. The number of benzene rings is 1. The Bertz CT molecular complexity index is 1010. The van der Waals surface area contributed by atoms with Gasteiger partial charge >= 0.3 is 6.18 Å². The molecule has 152 valence electrons. The molecule has 0 aliphatic carbocycles. The third-order valence-corrected chi connectivity index (χ3v) is 5.79. The summed E-state index contributed by atoms with van der Waals surface area (Å²) in [6.45, 7) is 3.53. The predicted octanol–water partition coefficient (Wildman–Crippen LogP) is 3.72. The van der Waals surface area contributed by atoms with E-state index in [4.69, 9.17) is 4.84 Å². The van der Waals surface area contributed by atoms with E-state index in [1.807, 2.05) is 0 Å². The maximum atomic E-state index is 13.2. The van der Waals surface area contributed by atoms with Crippen molar-refractivity contribution in [3.8, 4) is 0 Å². The average Bonchev–Trinajstić information content (AvgIpc) is 2.85. The number of pyridine rings is 1. The van der Waals surface area contributed by atoms with Crippen molar-refractivity contribution in [1.82, 2.24) is 4.98 Å². The number of aryl methyl sites for hydroxylation is 1. The second-order valence-electron chi connectivity index (χ2n) is 6.54. The molecule has 2 heterocycles. The monoisotopic (exact) mass is 415 g/mol. The number of rotatable bonds is 4. The molecule has 1 aromatic heterocycles. The number of aromatic nitrogens is 1. The van der Waals surface area contributed by atoms with Gasteiger partial charge in [-0.1, -0.05) is 0 Å². The molecule has 0 saturated heterocycles. The molecule has 1 unspecified atom stereocenters. The standard InChI is InChI=1S/C18H20F3N3O3S/c1-5-27-24-14-10-12(18(19,20)21)6-7-13(14)23(3)17(24)15-16(28(4,25)26)11(2)8-9-22-15/h6-10,17H,5H2,1-4H3. The van der Waals surface area contributed by atoms with Crippen LogP contribution in [0.15, 0.2) is 35.4 Å². The van der Waals surface area contributed by atoms with E-state index < -0.39 is 27.7 Å². The van der Waals surface area contributed by atoms with E-state index in [1.165, 1.54) is 17.3 Å². The Morgan fingerprint density at radius 1 is 1.21 bits per heavy atom. The topological polar surface area (TPSA) is 62.7 Å². The fraction of sp³-hybridized carbons (Fsp3) is 0.389. The summed E-state index contributed by atoms with van der Waals surface area (Å²) in [5.74, 6) is 0. The minimum atomic E-state index is -4.51. The fourth-order valence-corrected chi connectivity index (χ4v) is 4.59. The molecule has 10 heteroatoms. The van der Waals surface area contributed by atoms with Crippen molar-refractivity contribution >= 4 is 21.2 Å². The van der Waals surface area contributed by atoms with Gasteiger partial charge in [0.15, 0.2) is 16.0 Å². The molecule has 1 atom stereocenters. The first-order chi connectivity index (χ1) is 13.0. The van der Waals surface area contributed by atoms with Gasteiger partial charge in [-0.2, -0.15) is 13.2 Å². The largest absolute Gasteiger partial charge is 0.416 e. The average molecular weight is 415 g/mol. The maximum Gasteiger partial charge on any atom is 0.416 e. The van der Waals surface area contributed by atoms with Crippen LogP contribution in [0.25, 0.3) is 0 Å². The summed E-state index contributed by atoms with van der Waals surface area (Å²) in [7, 11) is -1.97. The third-order valence-electron chi connectivity index (χ3n) is 4.52. The minimum Gasteiger partial charge on any atom is -0.346 e. The normalized spacial score (nSPS) is 17.2. The molecule has 1 aliphatic heterocycles. The Kier molecular flexibility index (Phi) is 5.05. The van der Waals surface area contributed by atoms with Crippen molar-refractivity contribution < 1.29 is 26.4 Å². The summed E-state index contributed by atoms with van der Waals surface area (Å²) in [5, 5.41) is 1.29. The van der Waals surface area contributed by atoms with Crippen LogP contribution in [-0.4, -0.2) is 33.3 Å². The number of fused-ring (bicyclic) bond motifs is 1. The van der Waals surface area contributed by atoms with Crippen LogP contribution >= 0.6 is 0 Å². The van der Waals surface area contributed by atoms with Crippen molar-refractivity contribution in [1.29, 1.82) is 0 Å². The number of halogens is 3. The van der Waals surface area contributed by atoms with Crippen molar-refractivity contribution in [3.05, 3.63) is 47.3 Å². The highest BCUT2D eigenvalue weighted by atomic mass is 32.2. The number of nitrogens with zero attached hydrogens (tertiary/aromatic N) is 3. The molecule has 0 bridgehead atoms. The number of anilines is 2. The van der Waals surface area contributed by atoms with Crippen LogP contribution < -0.4 is 9.96 Å². The van der Waals surface area contributed by atoms with Gasteiger partial charge in [-0.15, -0.1) is 0 Å². The van der Waals surface area contributed by atoms with Crippen molar-refractivity contribution in [2.24, 2.45) is 0 Å². The molecular weight excluding hydrogens is 395 g/mol. The molecule has 0 N–H and O–H groups in total. The zero-order valence-corrected chi connectivity index (χ0v) is 16.6. The summed E-state index contributed by atoms with van der Waals surface area (Å²) in [6, 6.07) is 4.91. The lowest BCUT2D eigenvalue weighted by atomic mass is 10.1. The minimum absolute atomic E-state index is 0.0420. The smallest absolute Gasteiger partial charge is 0.346 e. The maximum absolute atomic E-state index is 13.2. The highest BCUT2D eigenvalue weighted by Crippen LogP contribution is 2.48. The third kappa shape index (κ3) is 3.42. The van der Waals surface area contributed by atoms with E-state index in [-0.39, 0.29) is 22.9 Å². The Labute approximate surface area is 161 Å². The van der Waals surface area contributed by atoms with Crippen LogP contribution in [0.3, 0.4) is 0 Å². The van der Waals surface area contributed by atoms with E-state index in [2.05, 4.69) is 4.98 Å². The molecule has 28 heavy (non-hydrogen) atoms. The van der Waals surface area contributed by atoms with Crippen LogP contribution in [0.1, 0.15) is 29.9 Å². The number of hydrogen-bond donors (Lipinski definition) is 0. The lowest BCUT2D eigenvalue weighted by Crippen LogP contribution is -2.35. The fourth-order valence-electron chi connectivity index (χ4n) is 3.40. The van der Waals surface area contributed by atoms with Gasteiger partial charge in [0.05, 0.1) is 28.4 Å². The van der Waals surface area contributed by atoms with Crippen molar-refractivity contribution in [3.63, 3.8) is 0 Å². The molecule has 6 nitrogen and oxygen atoms in total. The SMILES string of the molecule is CCON1c2cc(C(F)(F)F)ccc2N(C)C1c1nccc(C)c1S(C)(=O)=O. The van der Waals surface area contributed by atoms with Crippen molar-refractivity contribution in [2.45, 2.75) is 31.1 Å². The van der Waals surface area contributed by atoms with Gasteiger partial charge in [-0.25, -0.2) is 13.5 Å². The molecule has 2 aromatic rings. The van der Waals surface area contributed by atoms with Gasteiger partial charge in [0.25, 0.3) is 0 Å². The van der Waals surface area contributed by atoms with E-state index >= 15 is 0 Å². The summed E-state index contributed by atoms with van der Waals surface area (Å²) >= 11 is 0. The molecule has 0 saturated carbocycles.